The molecule has 2 aliphatic rings. The second kappa shape index (κ2) is 5.80. The van der Waals surface area contributed by atoms with Crippen molar-refractivity contribution in [1.29, 1.82) is 0 Å². The quantitative estimate of drug-likeness (QED) is 0.668. The standard InChI is InChI=1S/C10H14N2O2.C2H6/c1-8-6-11(7-8)4-5-12-9(13)2-3-10(12)14;1-2/h2-3,8H,4-7H2,1H3;1-2H3. The van der Waals surface area contributed by atoms with Crippen molar-refractivity contribution in [2.75, 3.05) is 26.2 Å². The molecule has 90 valence electrons. The lowest BCUT2D eigenvalue weighted by atomic mass is 10.0. The molecule has 0 saturated carbocycles. The lowest BCUT2D eigenvalue weighted by Gasteiger charge is -2.37. The van der Waals surface area contributed by atoms with Crippen molar-refractivity contribution < 1.29 is 9.59 Å². The fourth-order valence-electron chi connectivity index (χ4n) is 1.90. The first-order valence-electron chi connectivity index (χ1n) is 5.92. The Balaban J connectivity index is 0.000000606. The summed E-state index contributed by atoms with van der Waals surface area (Å²) < 4.78 is 0. The molecule has 4 heteroatoms. The Labute approximate surface area is 96.9 Å². The summed E-state index contributed by atoms with van der Waals surface area (Å²) in [6.45, 7) is 9.71. The summed E-state index contributed by atoms with van der Waals surface area (Å²) >= 11 is 0. The second-order valence-electron chi connectivity index (χ2n) is 4.03. The van der Waals surface area contributed by atoms with Gasteiger partial charge in [0.25, 0.3) is 11.8 Å². The van der Waals surface area contributed by atoms with Crippen LogP contribution in [0.2, 0.25) is 0 Å². The topological polar surface area (TPSA) is 40.6 Å². The zero-order chi connectivity index (χ0) is 12.1. The van der Waals surface area contributed by atoms with Crippen LogP contribution in [0.25, 0.3) is 0 Å². The van der Waals surface area contributed by atoms with E-state index in [1.807, 2.05) is 13.8 Å². The van der Waals surface area contributed by atoms with Crippen molar-refractivity contribution in [3.05, 3.63) is 12.2 Å². The van der Waals surface area contributed by atoms with E-state index in [-0.39, 0.29) is 11.8 Å². The van der Waals surface area contributed by atoms with E-state index in [0.29, 0.717) is 6.54 Å². The molecule has 0 unspecified atom stereocenters. The third-order valence-electron chi connectivity index (χ3n) is 2.68. The number of imide groups is 1. The van der Waals surface area contributed by atoms with Gasteiger partial charge in [-0.25, -0.2) is 0 Å². The first kappa shape index (κ1) is 12.9. The molecule has 0 aromatic heterocycles. The summed E-state index contributed by atoms with van der Waals surface area (Å²) in [5.41, 5.74) is 0. The molecule has 2 aliphatic heterocycles. The van der Waals surface area contributed by atoms with Crippen molar-refractivity contribution >= 4 is 11.8 Å². The van der Waals surface area contributed by atoms with Crippen LogP contribution in [0.4, 0.5) is 0 Å². The highest BCUT2D eigenvalue weighted by atomic mass is 16.2. The fraction of sp³-hybridized carbons (Fsp3) is 0.667. The first-order valence-corrected chi connectivity index (χ1v) is 5.92. The van der Waals surface area contributed by atoms with Gasteiger partial charge < -0.3 is 4.90 Å². The van der Waals surface area contributed by atoms with Gasteiger partial charge in [-0.3, -0.25) is 14.5 Å². The van der Waals surface area contributed by atoms with E-state index in [4.69, 9.17) is 0 Å². The molecule has 0 aliphatic carbocycles. The molecule has 16 heavy (non-hydrogen) atoms. The monoisotopic (exact) mass is 224 g/mol. The maximum Gasteiger partial charge on any atom is 0.253 e. The predicted molar refractivity (Wildman–Crippen MR) is 62.8 cm³/mol. The Bertz CT molecular complexity index is 275. The van der Waals surface area contributed by atoms with Crippen LogP contribution in [-0.2, 0) is 9.59 Å². The molecule has 0 bridgehead atoms. The molecule has 2 rings (SSSR count). The lowest BCUT2D eigenvalue weighted by molar-refractivity contribution is -0.137. The smallest absolute Gasteiger partial charge is 0.253 e. The van der Waals surface area contributed by atoms with Gasteiger partial charge in [-0.2, -0.15) is 0 Å². The van der Waals surface area contributed by atoms with Gasteiger partial charge in [0.05, 0.1) is 0 Å². The number of hydrogen-bond acceptors (Lipinski definition) is 3. The molecule has 0 N–H and O–H groups in total. The molecule has 0 atom stereocenters. The van der Waals surface area contributed by atoms with E-state index in [1.54, 1.807) is 0 Å². The van der Waals surface area contributed by atoms with E-state index < -0.39 is 0 Å². The average molecular weight is 224 g/mol. The zero-order valence-electron chi connectivity index (χ0n) is 10.3. The lowest BCUT2D eigenvalue weighted by Crippen LogP contribution is -2.49. The van der Waals surface area contributed by atoms with Crippen LogP contribution in [0.5, 0.6) is 0 Å². The van der Waals surface area contributed by atoms with Gasteiger partial charge in [-0.05, 0) is 5.92 Å². The van der Waals surface area contributed by atoms with Gasteiger partial charge in [0, 0.05) is 38.3 Å². The number of nitrogens with zero attached hydrogens (tertiary/aromatic N) is 2. The van der Waals surface area contributed by atoms with Crippen molar-refractivity contribution in [2.45, 2.75) is 20.8 Å². The molecular formula is C12H20N2O2. The number of amides is 2. The van der Waals surface area contributed by atoms with E-state index in [0.717, 1.165) is 25.6 Å². The molecule has 2 amide bonds. The summed E-state index contributed by atoms with van der Waals surface area (Å²) in [6, 6.07) is 0. The molecule has 0 spiro atoms. The normalized spacial score (nSPS) is 20.8. The van der Waals surface area contributed by atoms with Crippen LogP contribution in [0.3, 0.4) is 0 Å². The van der Waals surface area contributed by atoms with E-state index in [1.165, 1.54) is 17.1 Å². The van der Waals surface area contributed by atoms with Crippen molar-refractivity contribution in [1.82, 2.24) is 9.80 Å². The number of rotatable bonds is 3. The SMILES string of the molecule is CC.CC1CN(CCN2C(=O)C=CC2=O)C1. The predicted octanol–water partition coefficient (Wildman–Crippen LogP) is 0.889. The van der Waals surface area contributed by atoms with Gasteiger partial charge in [-0.15, -0.1) is 0 Å². The van der Waals surface area contributed by atoms with Gasteiger partial charge in [0.2, 0.25) is 0 Å². The highest BCUT2D eigenvalue weighted by Crippen LogP contribution is 2.14. The molecule has 0 radical (unpaired) electrons. The van der Waals surface area contributed by atoms with Crippen LogP contribution < -0.4 is 0 Å². The average Bonchev–Trinajstić information content (AvgIpc) is 2.56. The van der Waals surface area contributed by atoms with Crippen molar-refractivity contribution in [2.24, 2.45) is 5.92 Å². The third kappa shape index (κ3) is 2.92. The Kier molecular flexibility index (Phi) is 4.68. The summed E-state index contributed by atoms with van der Waals surface area (Å²) in [7, 11) is 0. The molecular weight excluding hydrogens is 204 g/mol. The van der Waals surface area contributed by atoms with E-state index in [9.17, 15) is 9.59 Å². The molecule has 0 aromatic rings. The Morgan fingerprint density at radius 3 is 2.06 bits per heavy atom. The molecule has 0 aromatic carbocycles. The molecule has 1 fully saturated rings. The fourth-order valence-corrected chi connectivity index (χ4v) is 1.90. The third-order valence-corrected chi connectivity index (χ3v) is 2.68. The van der Waals surface area contributed by atoms with E-state index in [2.05, 4.69) is 11.8 Å². The van der Waals surface area contributed by atoms with Gasteiger partial charge in [0.15, 0.2) is 0 Å². The summed E-state index contributed by atoms with van der Waals surface area (Å²) in [6.07, 6.45) is 2.67. The largest absolute Gasteiger partial charge is 0.301 e. The van der Waals surface area contributed by atoms with Crippen LogP contribution in [0.1, 0.15) is 20.8 Å². The summed E-state index contributed by atoms with van der Waals surface area (Å²) in [4.78, 5) is 25.9. The zero-order valence-corrected chi connectivity index (χ0v) is 10.3. The maximum absolute atomic E-state index is 11.2. The minimum atomic E-state index is -0.177. The number of likely N-dealkylation sites (tertiary alicyclic amines) is 1. The minimum Gasteiger partial charge on any atom is -0.301 e. The maximum atomic E-state index is 11.2. The van der Waals surface area contributed by atoms with Gasteiger partial charge in [0.1, 0.15) is 0 Å². The van der Waals surface area contributed by atoms with Crippen LogP contribution in [0.15, 0.2) is 12.2 Å². The minimum absolute atomic E-state index is 0.177. The van der Waals surface area contributed by atoms with Gasteiger partial charge >= 0.3 is 0 Å². The molecule has 1 saturated heterocycles. The molecule has 2 heterocycles. The number of hydrogen-bond donors (Lipinski definition) is 0. The summed E-state index contributed by atoms with van der Waals surface area (Å²) in [5.74, 6) is 0.408. The first-order chi connectivity index (χ1) is 7.66. The van der Waals surface area contributed by atoms with Crippen LogP contribution >= 0.6 is 0 Å². The van der Waals surface area contributed by atoms with Crippen molar-refractivity contribution in [3.63, 3.8) is 0 Å². The number of carbonyl (C=O) groups excluding carboxylic acids is 2. The van der Waals surface area contributed by atoms with Crippen LogP contribution in [0, 0.1) is 5.92 Å². The second-order valence-corrected chi connectivity index (χ2v) is 4.03. The van der Waals surface area contributed by atoms with Crippen LogP contribution in [-0.4, -0.2) is 47.8 Å². The van der Waals surface area contributed by atoms with E-state index >= 15 is 0 Å². The Morgan fingerprint density at radius 2 is 1.62 bits per heavy atom. The highest BCUT2D eigenvalue weighted by molar-refractivity contribution is 6.12. The Hall–Kier alpha value is -1.16. The summed E-state index contributed by atoms with van der Waals surface area (Å²) in [5, 5.41) is 0. The molecule has 4 nitrogen and oxygen atoms in total. The van der Waals surface area contributed by atoms with Crippen molar-refractivity contribution in [3.8, 4) is 0 Å². The number of carbonyl (C=O) groups is 2. The highest BCUT2D eigenvalue weighted by Gasteiger charge is 2.26. The van der Waals surface area contributed by atoms with Gasteiger partial charge in [-0.1, -0.05) is 20.8 Å². The Morgan fingerprint density at radius 1 is 1.12 bits per heavy atom.